The number of benzene rings is 1. The first kappa shape index (κ1) is 14.6. The van der Waals surface area contributed by atoms with Gasteiger partial charge < -0.3 is 20.5 Å². The highest BCUT2D eigenvalue weighted by molar-refractivity contribution is 5.85. The smallest absolute Gasteiger partial charge is 0.236 e. The van der Waals surface area contributed by atoms with Crippen molar-refractivity contribution in [2.24, 2.45) is 5.73 Å². The lowest BCUT2D eigenvalue weighted by atomic mass is 10.2. The molecule has 100 valence electrons. The van der Waals surface area contributed by atoms with E-state index >= 15 is 0 Å². The maximum atomic E-state index is 11.3. The number of ether oxygens (including phenoxy) is 2. The second-order valence-electron chi connectivity index (χ2n) is 4.03. The maximum absolute atomic E-state index is 11.3. The molecule has 2 rings (SSSR count). The number of amides is 1. The quantitative estimate of drug-likeness (QED) is 0.850. The van der Waals surface area contributed by atoms with E-state index in [1.807, 2.05) is 24.3 Å². The normalized spacial score (nSPS) is 18.4. The van der Waals surface area contributed by atoms with E-state index in [4.69, 9.17) is 15.2 Å². The summed E-state index contributed by atoms with van der Waals surface area (Å²) in [5, 5.41) is 2.71. The molecule has 1 amide bonds. The van der Waals surface area contributed by atoms with Crippen LogP contribution in [0.15, 0.2) is 24.3 Å². The Bertz CT molecular complexity index is 412. The molecule has 0 aliphatic carbocycles. The second-order valence-corrected chi connectivity index (χ2v) is 4.03. The molecule has 0 spiro atoms. The fourth-order valence-electron chi connectivity index (χ4n) is 1.54. The first-order valence-corrected chi connectivity index (χ1v) is 5.58. The van der Waals surface area contributed by atoms with Gasteiger partial charge in [0.05, 0.1) is 12.6 Å². The van der Waals surface area contributed by atoms with Crippen LogP contribution in [0.5, 0.6) is 11.5 Å². The van der Waals surface area contributed by atoms with E-state index in [-0.39, 0.29) is 24.4 Å². The van der Waals surface area contributed by atoms with Gasteiger partial charge in [-0.05, 0) is 19.1 Å². The van der Waals surface area contributed by atoms with Crippen LogP contribution < -0.4 is 20.5 Å². The topological polar surface area (TPSA) is 73.6 Å². The number of carbonyl (C=O) groups excluding carboxylic acids is 1. The van der Waals surface area contributed by atoms with Crippen molar-refractivity contribution in [2.45, 2.75) is 19.1 Å². The Morgan fingerprint density at radius 2 is 2.17 bits per heavy atom. The molecule has 18 heavy (non-hydrogen) atoms. The lowest BCUT2D eigenvalue weighted by Crippen LogP contribution is -2.45. The van der Waals surface area contributed by atoms with E-state index in [0.29, 0.717) is 18.9 Å². The summed E-state index contributed by atoms with van der Waals surface area (Å²) in [6.07, 6.45) is -0.174. The predicted octanol–water partition coefficient (Wildman–Crippen LogP) is 0.712. The van der Waals surface area contributed by atoms with Gasteiger partial charge in [0.25, 0.3) is 0 Å². The van der Waals surface area contributed by atoms with Crippen LogP contribution in [0.3, 0.4) is 0 Å². The number of hydrogen-bond donors (Lipinski definition) is 2. The summed E-state index contributed by atoms with van der Waals surface area (Å²) in [4.78, 5) is 11.3. The van der Waals surface area contributed by atoms with E-state index in [9.17, 15) is 4.79 Å². The van der Waals surface area contributed by atoms with Crippen LogP contribution >= 0.6 is 12.4 Å². The lowest BCUT2D eigenvalue weighted by molar-refractivity contribution is -0.122. The van der Waals surface area contributed by atoms with Crippen LogP contribution in [0.25, 0.3) is 0 Å². The standard InChI is InChI=1S/C12H16N2O3.ClH/c1-8(13)12(15)14-6-9-7-16-10-4-2-3-5-11(10)17-9;/h2-5,8-9H,6-7,13H2,1H3,(H,14,15);1H. The zero-order chi connectivity index (χ0) is 12.3. The van der Waals surface area contributed by atoms with E-state index < -0.39 is 6.04 Å². The Morgan fingerprint density at radius 3 is 2.83 bits per heavy atom. The molecule has 0 aromatic heterocycles. The van der Waals surface area contributed by atoms with Gasteiger partial charge in [-0.3, -0.25) is 4.79 Å². The van der Waals surface area contributed by atoms with Gasteiger partial charge in [-0.2, -0.15) is 0 Å². The average Bonchev–Trinajstić information content (AvgIpc) is 2.35. The van der Waals surface area contributed by atoms with Gasteiger partial charge in [0.2, 0.25) is 5.91 Å². The molecule has 2 atom stereocenters. The molecule has 0 saturated heterocycles. The molecule has 2 unspecified atom stereocenters. The molecular weight excluding hydrogens is 256 g/mol. The average molecular weight is 273 g/mol. The third-order valence-electron chi connectivity index (χ3n) is 2.49. The van der Waals surface area contributed by atoms with Crippen LogP contribution in [0.1, 0.15) is 6.92 Å². The van der Waals surface area contributed by atoms with Gasteiger partial charge >= 0.3 is 0 Å². The molecule has 0 fully saturated rings. The van der Waals surface area contributed by atoms with Crippen LogP contribution in [-0.2, 0) is 4.79 Å². The highest BCUT2D eigenvalue weighted by atomic mass is 35.5. The van der Waals surface area contributed by atoms with Crippen LogP contribution in [0, 0.1) is 0 Å². The van der Waals surface area contributed by atoms with Gasteiger partial charge in [0, 0.05) is 0 Å². The number of rotatable bonds is 3. The molecule has 6 heteroatoms. The molecule has 0 saturated carbocycles. The van der Waals surface area contributed by atoms with Crippen molar-refractivity contribution >= 4 is 18.3 Å². The van der Waals surface area contributed by atoms with Crippen molar-refractivity contribution in [3.8, 4) is 11.5 Å². The number of halogens is 1. The summed E-state index contributed by atoms with van der Waals surface area (Å²) in [6.45, 7) is 2.47. The van der Waals surface area contributed by atoms with Crippen molar-refractivity contribution in [1.82, 2.24) is 5.32 Å². The van der Waals surface area contributed by atoms with E-state index in [1.54, 1.807) is 6.92 Å². The summed E-state index contributed by atoms with van der Waals surface area (Å²) in [7, 11) is 0. The molecular formula is C12H17ClN2O3. The largest absolute Gasteiger partial charge is 0.486 e. The van der Waals surface area contributed by atoms with Gasteiger partial charge in [-0.1, -0.05) is 12.1 Å². The Balaban J connectivity index is 0.00000162. The van der Waals surface area contributed by atoms with E-state index in [2.05, 4.69) is 5.32 Å². The van der Waals surface area contributed by atoms with Crippen molar-refractivity contribution in [3.63, 3.8) is 0 Å². The van der Waals surface area contributed by atoms with Crippen molar-refractivity contribution in [3.05, 3.63) is 24.3 Å². The highest BCUT2D eigenvalue weighted by Crippen LogP contribution is 2.30. The fourth-order valence-corrected chi connectivity index (χ4v) is 1.54. The highest BCUT2D eigenvalue weighted by Gasteiger charge is 2.21. The fraction of sp³-hybridized carbons (Fsp3) is 0.417. The van der Waals surface area contributed by atoms with Gasteiger partial charge in [-0.25, -0.2) is 0 Å². The van der Waals surface area contributed by atoms with Crippen molar-refractivity contribution in [2.75, 3.05) is 13.2 Å². The summed E-state index contributed by atoms with van der Waals surface area (Å²) >= 11 is 0. The molecule has 3 N–H and O–H groups in total. The van der Waals surface area contributed by atoms with Crippen LogP contribution in [-0.4, -0.2) is 31.2 Å². The SMILES string of the molecule is CC(N)C(=O)NCC1COc2ccccc2O1.Cl. The first-order valence-electron chi connectivity index (χ1n) is 5.58. The summed E-state index contributed by atoms with van der Waals surface area (Å²) in [6, 6.07) is 6.96. The molecule has 5 nitrogen and oxygen atoms in total. The Morgan fingerprint density at radius 1 is 1.50 bits per heavy atom. The number of hydrogen-bond acceptors (Lipinski definition) is 4. The Kier molecular flexibility index (Phi) is 5.25. The van der Waals surface area contributed by atoms with Crippen LogP contribution in [0.4, 0.5) is 0 Å². The van der Waals surface area contributed by atoms with E-state index in [1.165, 1.54) is 0 Å². The first-order chi connectivity index (χ1) is 8.16. The summed E-state index contributed by atoms with van der Waals surface area (Å²) in [5.74, 6) is 1.26. The second kappa shape index (κ2) is 6.47. The Hall–Kier alpha value is -1.46. The lowest BCUT2D eigenvalue weighted by Gasteiger charge is -2.26. The number of fused-ring (bicyclic) bond motifs is 1. The minimum atomic E-state index is -0.508. The Labute approximate surface area is 112 Å². The monoisotopic (exact) mass is 272 g/mol. The minimum absolute atomic E-state index is 0. The third-order valence-corrected chi connectivity index (χ3v) is 2.49. The molecule has 1 aromatic carbocycles. The van der Waals surface area contributed by atoms with Gasteiger partial charge in [-0.15, -0.1) is 12.4 Å². The zero-order valence-corrected chi connectivity index (χ0v) is 10.9. The number of para-hydroxylation sites is 2. The number of nitrogens with one attached hydrogen (secondary N) is 1. The van der Waals surface area contributed by atoms with Gasteiger partial charge in [0.1, 0.15) is 12.7 Å². The zero-order valence-electron chi connectivity index (χ0n) is 10.1. The van der Waals surface area contributed by atoms with Gasteiger partial charge in [0.15, 0.2) is 11.5 Å². The molecule has 1 aliphatic rings. The molecule has 1 aliphatic heterocycles. The summed E-state index contributed by atoms with van der Waals surface area (Å²) in [5.41, 5.74) is 5.44. The molecule has 1 aromatic rings. The minimum Gasteiger partial charge on any atom is -0.486 e. The number of carbonyl (C=O) groups is 1. The molecule has 0 radical (unpaired) electrons. The van der Waals surface area contributed by atoms with Crippen LogP contribution in [0.2, 0.25) is 0 Å². The molecule has 0 bridgehead atoms. The van der Waals surface area contributed by atoms with Crippen molar-refractivity contribution < 1.29 is 14.3 Å². The maximum Gasteiger partial charge on any atom is 0.236 e. The third kappa shape index (κ3) is 3.51. The molecule has 1 heterocycles. The predicted molar refractivity (Wildman–Crippen MR) is 70.3 cm³/mol. The van der Waals surface area contributed by atoms with Crippen molar-refractivity contribution in [1.29, 1.82) is 0 Å². The summed E-state index contributed by atoms with van der Waals surface area (Å²) < 4.78 is 11.2. The number of nitrogens with two attached hydrogens (primary N) is 1. The van der Waals surface area contributed by atoms with E-state index in [0.717, 1.165) is 5.75 Å².